The van der Waals surface area contributed by atoms with Gasteiger partial charge in [0.05, 0.1) is 30.9 Å². The van der Waals surface area contributed by atoms with E-state index >= 15 is 0 Å². The van der Waals surface area contributed by atoms with Crippen molar-refractivity contribution >= 4 is 11.7 Å². The molecule has 0 spiro atoms. The molecule has 1 rings (SSSR count). The fourth-order valence-electron chi connectivity index (χ4n) is 1.48. The molecule has 5 heteroatoms. The number of carbonyl (C=O) groups is 1. The van der Waals surface area contributed by atoms with Crippen LogP contribution < -0.4 is 10.5 Å². The lowest BCUT2D eigenvalue weighted by atomic mass is 9.92. The SMILES string of the molecule is COc1c(N)cccc1C(=O)OCCC(C)(C)C#N. The van der Waals surface area contributed by atoms with Gasteiger partial charge >= 0.3 is 5.97 Å². The lowest BCUT2D eigenvalue weighted by Crippen LogP contribution is -2.15. The molecule has 0 radical (unpaired) electrons. The molecule has 19 heavy (non-hydrogen) atoms. The fourth-order valence-corrected chi connectivity index (χ4v) is 1.48. The van der Waals surface area contributed by atoms with Crippen LogP contribution in [0, 0.1) is 16.7 Å². The van der Waals surface area contributed by atoms with Gasteiger partial charge in [0.1, 0.15) is 5.56 Å². The van der Waals surface area contributed by atoms with Crippen LogP contribution in [0.25, 0.3) is 0 Å². The van der Waals surface area contributed by atoms with Crippen LogP contribution in [-0.2, 0) is 4.74 Å². The van der Waals surface area contributed by atoms with Crippen molar-refractivity contribution in [3.8, 4) is 11.8 Å². The number of rotatable bonds is 5. The highest BCUT2D eigenvalue weighted by Gasteiger charge is 2.19. The standard InChI is InChI=1S/C14H18N2O3/c1-14(2,9-15)7-8-19-13(17)10-5-4-6-11(16)12(10)18-3/h4-6H,7-8,16H2,1-3H3. The molecule has 0 heterocycles. The predicted octanol–water partition coefficient (Wildman–Crippen LogP) is 2.37. The highest BCUT2D eigenvalue weighted by Crippen LogP contribution is 2.27. The van der Waals surface area contributed by atoms with Crippen molar-refractivity contribution < 1.29 is 14.3 Å². The second-order valence-electron chi connectivity index (χ2n) is 4.81. The van der Waals surface area contributed by atoms with Crippen LogP contribution in [0.4, 0.5) is 5.69 Å². The molecule has 0 bridgehead atoms. The van der Waals surface area contributed by atoms with Gasteiger partial charge in [0.15, 0.2) is 5.75 Å². The molecule has 0 fully saturated rings. The minimum Gasteiger partial charge on any atom is -0.494 e. The quantitative estimate of drug-likeness (QED) is 0.650. The van der Waals surface area contributed by atoms with E-state index in [1.54, 1.807) is 32.0 Å². The number of carbonyl (C=O) groups excluding carboxylic acids is 1. The molecule has 102 valence electrons. The maximum Gasteiger partial charge on any atom is 0.342 e. The smallest absolute Gasteiger partial charge is 0.342 e. The number of methoxy groups -OCH3 is 1. The Bertz CT molecular complexity index is 504. The Kier molecular flexibility index (Phi) is 4.76. The zero-order valence-corrected chi connectivity index (χ0v) is 11.4. The second-order valence-corrected chi connectivity index (χ2v) is 4.81. The molecular weight excluding hydrogens is 244 g/mol. The first-order chi connectivity index (χ1) is 8.91. The first-order valence-corrected chi connectivity index (χ1v) is 5.92. The van der Waals surface area contributed by atoms with Gasteiger partial charge in [0.2, 0.25) is 0 Å². The monoisotopic (exact) mass is 262 g/mol. The third-order valence-electron chi connectivity index (χ3n) is 2.73. The van der Waals surface area contributed by atoms with Gasteiger partial charge in [-0.3, -0.25) is 0 Å². The number of hydrogen-bond donors (Lipinski definition) is 1. The number of benzene rings is 1. The molecule has 1 aromatic carbocycles. The summed E-state index contributed by atoms with van der Waals surface area (Å²) >= 11 is 0. The summed E-state index contributed by atoms with van der Waals surface area (Å²) in [5, 5.41) is 8.87. The van der Waals surface area contributed by atoms with Gasteiger partial charge < -0.3 is 15.2 Å². The minimum absolute atomic E-state index is 0.178. The summed E-state index contributed by atoms with van der Waals surface area (Å²) in [6.07, 6.45) is 0.472. The third kappa shape index (κ3) is 3.88. The van der Waals surface area contributed by atoms with E-state index in [-0.39, 0.29) is 12.2 Å². The van der Waals surface area contributed by atoms with Gasteiger partial charge in [-0.05, 0) is 32.4 Å². The molecule has 0 unspecified atom stereocenters. The number of ether oxygens (including phenoxy) is 2. The van der Waals surface area contributed by atoms with Crippen LogP contribution in [0.3, 0.4) is 0 Å². The lowest BCUT2D eigenvalue weighted by Gasteiger charge is -2.15. The van der Waals surface area contributed by atoms with Crippen LogP contribution in [-0.4, -0.2) is 19.7 Å². The van der Waals surface area contributed by atoms with Gasteiger partial charge in [-0.2, -0.15) is 5.26 Å². The average molecular weight is 262 g/mol. The lowest BCUT2D eigenvalue weighted by molar-refractivity contribution is 0.0471. The van der Waals surface area contributed by atoms with Crippen molar-refractivity contribution in [3.63, 3.8) is 0 Å². The molecular formula is C14H18N2O3. The molecule has 0 amide bonds. The van der Waals surface area contributed by atoms with Gasteiger partial charge in [-0.1, -0.05) is 6.07 Å². The molecule has 0 aliphatic heterocycles. The third-order valence-corrected chi connectivity index (χ3v) is 2.73. The molecule has 0 saturated carbocycles. The Morgan fingerprint density at radius 2 is 2.16 bits per heavy atom. The maximum atomic E-state index is 11.9. The summed E-state index contributed by atoms with van der Waals surface area (Å²) in [7, 11) is 1.45. The molecule has 0 aliphatic carbocycles. The van der Waals surface area contributed by atoms with Gasteiger partial charge in [0, 0.05) is 0 Å². The van der Waals surface area contributed by atoms with Gasteiger partial charge in [-0.15, -0.1) is 0 Å². The molecule has 5 nitrogen and oxygen atoms in total. The van der Waals surface area contributed by atoms with Gasteiger partial charge in [0.25, 0.3) is 0 Å². The number of nitriles is 1. The zero-order valence-electron chi connectivity index (χ0n) is 11.4. The number of anilines is 1. The Morgan fingerprint density at radius 1 is 1.47 bits per heavy atom. The molecule has 0 saturated heterocycles. The van der Waals surface area contributed by atoms with Crippen molar-refractivity contribution in [2.75, 3.05) is 19.5 Å². The Morgan fingerprint density at radius 3 is 2.74 bits per heavy atom. The number of nitrogen functional groups attached to an aromatic ring is 1. The summed E-state index contributed by atoms with van der Waals surface area (Å²) in [5.41, 5.74) is 5.87. The van der Waals surface area contributed by atoms with Crippen LogP contribution in [0.5, 0.6) is 5.75 Å². The number of nitrogens with two attached hydrogens (primary N) is 1. The van der Waals surface area contributed by atoms with Crippen molar-refractivity contribution in [3.05, 3.63) is 23.8 Å². The number of hydrogen-bond acceptors (Lipinski definition) is 5. The summed E-state index contributed by atoms with van der Waals surface area (Å²) in [4.78, 5) is 11.9. The highest BCUT2D eigenvalue weighted by molar-refractivity contribution is 5.94. The normalized spacial score (nSPS) is 10.6. The number of esters is 1. The average Bonchev–Trinajstić information content (AvgIpc) is 2.38. The molecule has 0 atom stereocenters. The van der Waals surface area contributed by atoms with E-state index in [0.717, 1.165) is 0 Å². The molecule has 0 aliphatic rings. The van der Waals surface area contributed by atoms with E-state index in [1.807, 2.05) is 0 Å². The fraction of sp³-hybridized carbons (Fsp3) is 0.429. The van der Waals surface area contributed by atoms with E-state index in [9.17, 15) is 4.79 Å². The first kappa shape index (κ1) is 14.8. The van der Waals surface area contributed by atoms with Crippen LogP contribution in [0.15, 0.2) is 18.2 Å². The van der Waals surface area contributed by atoms with Crippen LogP contribution in [0.2, 0.25) is 0 Å². The Hall–Kier alpha value is -2.22. The van der Waals surface area contributed by atoms with Gasteiger partial charge in [-0.25, -0.2) is 4.79 Å². The van der Waals surface area contributed by atoms with Crippen LogP contribution >= 0.6 is 0 Å². The van der Waals surface area contributed by atoms with Crippen molar-refractivity contribution in [2.24, 2.45) is 5.41 Å². The minimum atomic E-state index is -0.514. The Labute approximate surface area is 112 Å². The topological polar surface area (TPSA) is 85.3 Å². The Balaban J connectivity index is 2.70. The van der Waals surface area contributed by atoms with Crippen LogP contribution in [0.1, 0.15) is 30.6 Å². The van der Waals surface area contributed by atoms with Crippen molar-refractivity contribution in [1.82, 2.24) is 0 Å². The first-order valence-electron chi connectivity index (χ1n) is 5.92. The predicted molar refractivity (Wildman–Crippen MR) is 71.7 cm³/mol. The summed E-state index contributed by atoms with van der Waals surface area (Å²) < 4.78 is 10.2. The molecule has 2 N–H and O–H groups in total. The molecule has 1 aromatic rings. The zero-order chi connectivity index (χ0) is 14.5. The van der Waals surface area contributed by atoms with E-state index in [2.05, 4.69) is 6.07 Å². The summed E-state index contributed by atoms with van der Waals surface area (Å²) in [5.74, 6) is -0.190. The van der Waals surface area contributed by atoms with E-state index in [4.69, 9.17) is 20.5 Å². The highest BCUT2D eigenvalue weighted by atomic mass is 16.5. The van der Waals surface area contributed by atoms with Crippen molar-refractivity contribution in [1.29, 1.82) is 5.26 Å². The number of para-hydroxylation sites is 1. The van der Waals surface area contributed by atoms with E-state index < -0.39 is 11.4 Å². The van der Waals surface area contributed by atoms with E-state index in [0.29, 0.717) is 17.9 Å². The summed E-state index contributed by atoms with van der Waals surface area (Å²) in [6.45, 7) is 3.77. The molecule has 0 aromatic heterocycles. The second kappa shape index (κ2) is 6.10. The maximum absolute atomic E-state index is 11.9. The largest absolute Gasteiger partial charge is 0.494 e. The summed E-state index contributed by atoms with van der Waals surface area (Å²) in [6, 6.07) is 7.05. The number of nitrogens with zero attached hydrogens (tertiary/aromatic N) is 1. The van der Waals surface area contributed by atoms with E-state index in [1.165, 1.54) is 7.11 Å². The van der Waals surface area contributed by atoms with Crippen molar-refractivity contribution in [2.45, 2.75) is 20.3 Å².